The lowest BCUT2D eigenvalue weighted by Crippen LogP contribution is -2.64. The zero-order chi connectivity index (χ0) is 16.1. The Bertz CT molecular complexity index is 482. The third kappa shape index (κ3) is 4.02. The van der Waals surface area contributed by atoms with Crippen molar-refractivity contribution in [3.05, 3.63) is 35.9 Å². The van der Waals surface area contributed by atoms with E-state index in [1.165, 1.54) is 6.92 Å². The minimum absolute atomic E-state index is 0.198. The van der Waals surface area contributed by atoms with Crippen LogP contribution in [-0.2, 0) is 20.9 Å². The first-order chi connectivity index (χ1) is 10.5. The van der Waals surface area contributed by atoms with Crippen molar-refractivity contribution in [2.75, 3.05) is 6.61 Å². The van der Waals surface area contributed by atoms with Crippen molar-refractivity contribution in [1.29, 1.82) is 0 Å². The monoisotopic (exact) mass is 311 g/mol. The van der Waals surface area contributed by atoms with Crippen molar-refractivity contribution in [3.63, 3.8) is 0 Å². The second-order valence-electron chi connectivity index (χ2n) is 5.23. The van der Waals surface area contributed by atoms with Gasteiger partial charge in [0.2, 0.25) is 5.91 Å². The van der Waals surface area contributed by atoms with Crippen molar-refractivity contribution < 1.29 is 29.6 Å². The summed E-state index contributed by atoms with van der Waals surface area (Å²) < 4.78 is 10.8. The molecule has 0 saturated carbocycles. The molecule has 1 aliphatic rings. The molecule has 7 heteroatoms. The second-order valence-corrected chi connectivity index (χ2v) is 5.23. The number of benzene rings is 1. The van der Waals surface area contributed by atoms with Gasteiger partial charge in [-0.3, -0.25) is 4.79 Å². The lowest BCUT2D eigenvalue weighted by Gasteiger charge is -2.42. The Labute approximate surface area is 128 Å². The van der Waals surface area contributed by atoms with Gasteiger partial charge in [-0.05, 0) is 5.56 Å². The molecule has 1 saturated heterocycles. The molecular weight excluding hydrogens is 290 g/mol. The van der Waals surface area contributed by atoms with E-state index in [1.807, 2.05) is 30.3 Å². The number of aliphatic hydroxyl groups is 3. The Morgan fingerprint density at radius 1 is 1.32 bits per heavy atom. The molecule has 1 aromatic carbocycles. The third-order valence-electron chi connectivity index (χ3n) is 3.53. The highest BCUT2D eigenvalue weighted by molar-refractivity contribution is 5.73. The number of ether oxygens (including phenoxy) is 2. The van der Waals surface area contributed by atoms with Gasteiger partial charge in [0.25, 0.3) is 0 Å². The van der Waals surface area contributed by atoms with Crippen LogP contribution in [0.25, 0.3) is 0 Å². The molecule has 1 aliphatic heterocycles. The van der Waals surface area contributed by atoms with Gasteiger partial charge in [-0.2, -0.15) is 0 Å². The van der Waals surface area contributed by atoms with Crippen molar-refractivity contribution >= 4 is 5.91 Å². The van der Waals surface area contributed by atoms with Gasteiger partial charge in [-0.15, -0.1) is 0 Å². The van der Waals surface area contributed by atoms with Gasteiger partial charge in [-0.1, -0.05) is 30.3 Å². The summed E-state index contributed by atoms with van der Waals surface area (Å²) in [6, 6.07) is 8.39. The number of amides is 1. The summed E-state index contributed by atoms with van der Waals surface area (Å²) in [7, 11) is 0. The van der Waals surface area contributed by atoms with Gasteiger partial charge in [-0.25, -0.2) is 0 Å². The summed E-state index contributed by atoms with van der Waals surface area (Å²) in [5, 5.41) is 31.9. The van der Waals surface area contributed by atoms with Crippen LogP contribution in [0.1, 0.15) is 12.5 Å². The number of hydrogen-bond acceptors (Lipinski definition) is 6. The van der Waals surface area contributed by atoms with Gasteiger partial charge in [0.15, 0.2) is 6.29 Å². The summed E-state index contributed by atoms with van der Waals surface area (Å²) in [5.41, 5.74) is 0.887. The van der Waals surface area contributed by atoms with Crippen LogP contribution in [-0.4, -0.2) is 58.5 Å². The summed E-state index contributed by atoms with van der Waals surface area (Å²) in [6.45, 7) is 1.03. The molecule has 1 fully saturated rings. The molecule has 0 spiro atoms. The first-order valence-electron chi connectivity index (χ1n) is 7.08. The minimum Gasteiger partial charge on any atom is -0.394 e. The van der Waals surface area contributed by atoms with E-state index in [9.17, 15) is 20.1 Å². The minimum atomic E-state index is -1.37. The predicted octanol–water partition coefficient (Wildman–Crippen LogP) is -0.853. The molecule has 0 aliphatic carbocycles. The SMILES string of the molecule is CC(=O)N[C@@H]1[C@@H](OCc2ccccc2)[C@H](O)[C@H](CO)O[C@@H]1O. The van der Waals surface area contributed by atoms with E-state index in [1.54, 1.807) is 0 Å². The van der Waals surface area contributed by atoms with Crippen molar-refractivity contribution in [2.45, 2.75) is 44.2 Å². The number of carbonyl (C=O) groups excluding carboxylic acids is 1. The Morgan fingerprint density at radius 2 is 2.00 bits per heavy atom. The standard InChI is InChI=1S/C15H21NO6/c1-9(18)16-12-14(13(19)11(7-17)22-15(12)20)21-8-10-5-3-2-4-6-10/h2-6,11-15,17,19-20H,7-8H2,1H3,(H,16,18)/t11-,12+,13+,14+,15-/m0/s1. The van der Waals surface area contributed by atoms with Gasteiger partial charge in [0.1, 0.15) is 24.4 Å². The summed E-state index contributed by atoms with van der Waals surface area (Å²) in [5.74, 6) is -0.379. The van der Waals surface area contributed by atoms with E-state index >= 15 is 0 Å². The van der Waals surface area contributed by atoms with E-state index < -0.39 is 37.3 Å². The van der Waals surface area contributed by atoms with Crippen LogP contribution in [0.4, 0.5) is 0 Å². The van der Waals surface area contributed by atoms with Gasteiger partial charge >= 0.3 is 0 Å². The van der Waals surface area contributed by atoms with Crippen LogP contribution in [0.2, 0.25) is 0 Å². The highest BCUT2D eigenvalue weighted by Crippen LogP contribution is 2.23. The van der Waals surface area contributed by atoms with Crippen LogP contribution in [0.5, 0.6) is 0 Å². The van der Waals surface area contributed by atoms with Crippen molar-refractivity contribution in [2.24, 2.45) is 0 Å². The number of carbonyl (C=O) groups is 1. The zero-order valence-corrected chi connectivity index (χ0v) is 12.3. The molecule has 0 bridgehead atoms. The quantitative estimate of drug-likeness (QED) is 0.564. The summed E-state index contributed by atoms with van der Waals surface area (Å²) >= 11 is 0. The summed E-state index contributed by atoms with van der Waals surface area (Å²) in [6.07, 6.45) is -4.41. The molecule has 2 rings (SSSR count). The molecule has 1 heterocycles. The van der Waals surface area contributed by atoms with Crippen molar-refractivity contribution in [1.82, 2.24) is 5.32 Å². The summed E-state index contributed by atoms with van der Waals surface area (Å²) in [4.78, 5) is 11.3. The Balaban J connectivity index is 2.10. The smallest absolute Gasteiger partial charge is 0.217 e. The maximum atomic E-state index is 11.3. The predicted molar refractivity (Wildman–Crippen MR) is 76.6 cm³/mol. The van der Waals surface area contributed by atoms with E-state index in [-0.39, 0.29) is 12.5 Å². The molecule has 7 nitrogen and oxygen atoms in total. The fraction of sp³-hybridized carbons (Fsp3) is 0.533. The van der Waals surface area contributed by atoms with Gasteiger partial charge in [0, 0.05) is 6.92 Å². The Morgan fingerprint density at radius 3 is 2.59 bits per heavy atom. The largest absolute Gasteiger partial charge is 0.394 e. The van der Waals surface area contributed by atoms with E-state index in [0.29, 0.717) is 0 Å². The fourth-order valence-corrected chi connectivity index (χ4v) is 2.44. The number of rotatable bonds is 5. The lowest BCUT2D eigenvalue weighted by molar-refractivity contribution is -0.263. The van der Waals surface area contributed by atoms with Gasteiger partial charge < -0.3 is 30.1 Å². The van der Waals surface area contributed by atoms with Crippen LogP contribution in [0, 0.1) is 0 Å². The van der Waals surface area contributed by atoms with Crippen LogP contribution in [0.3, 0.4) is 0 Å². The highest BCUT2D eigenvalue weighted by Gasteiger charge is 2.45. The van der Waals surface area contributed by atoms with Crippen LogP contribution >= 0.6 is 0 Å². The average Bonchev–Trinajstić information content (AvgIpc) is 2.50. The number of aliphatic hydroxyl groups excluding tert-OH is 3. The Hall–Kier alpha value is -1.51. The maximum Gasteiger partial charge on any atom is 0.217 e. The van der Waals surface area contributed by atoms with E-state index in [4.69, 9.17) is 9.47 Å². The topological polar surface area (TPSA) is 108 Å². The van der Waals surface area contributed by atoms with Crippen LogP contribution in [0.15, 0.2) is 30.3 Å². The first kappa shape index (κ1) is 16.9. The molecule has 1 aromatic rings. The van der Waals surface area contributed by atoms with Crippen molar-refractivity contribution in [3.8, 4) is 0 Å². The molecular formula is C15H21NO6. The van der Waals surface area contributed by atoms with Gasteiger partial charge in [0.05, 0.1) is 13.2 Å². The normalized spacial score (nSPS) is 31.7. The maximum absolute atomic E-state index is 11.3. The first-order valence-corrected chi connectivity index (χ1v) is 7.08. The molecule has 4 N–H and O–H groups in total. The molecule has 0 radical (unpaired) electrons. The molecule has 0 aromatic heterocycles. The fourth-order valence-electron chi connectivity index (χ4n) is 2.44. The zero-order valence-electron chi connectivity index (χ0n) is 12.3. The lowest BCUT2D eigenvalue weighted by atomic mass is 9.96. The second kappa shape index (κ2) is 7.66. The molecule has 0 unspecified atom stereocenters. The molecule has 1 amide bonds. The van der Waals surface area contributed by atoms with Crippen LogP contribution < -0.4 is 5.32 Å². The third-order valence-corrected chi connectivity index (χ3v) is 3.53. The molecule has 22 heavy (non-hydrogen) atoms. The number of nitrogens with one attached hydrogen (secondary N) is 1. The Kier molecular flexibility index (Phi) is 5.87. The van der Waals surface area contributed by atoms with E-state index in [2.05, 4.69) is 5.32 Å². The molecule has 122 valence electrons. The average molecular weight is 311 g/mol. The molecule has 5 atom stereocenters. The highest BCUT2D eigenvalue weighted by atomic mass is 16.6. The van der Waals surface area contributed by atoms with E-state index in [0.717, 1.165) is 5.56 Å². The number of hydrogen-bond donors (Lipinski definition) is 4.